The fraction of sp³-hybridized carbons (Fsp3) is 0.538. The van der Waals surface area contributed by atoms with E-state index in [4.69, 9.17) is 19.7 Å². The molecule has 1 unspecified atom stereocenters. The van der Waals surface area contributed by atoms with Crippen molar-refractivity contribution >= 4 is 11.3 Å². The van der Waals surface area contributed by atoms with Gasteiger partial charge in [-0.3, -0.25) is 0 Å². The van der Waals surface area contributed by atoms with Crippen LogP contribution >= 0.6 is 11.3 Å². The number of nitrogens with two attached hydrogens (primary N) is 1. The van der Waals surface area contributed by atoms with Crippen LogP contribution in [0.5, 0.6) is 0 Å². The summed E-state index contributed by atoms with van der Waals surface area (Å²) in [6.07, 6.45) is 1.44. The van der Waals surface area contributed by atoms with E-state index in [0.717, 1.165) is 17.7 Å². The fourth-order valence-corrected chi connectivity index (χ4v) is 3.08. The molecule has 7 heteroatoms. The van der Waals surface area contributed by atoms with Crippen molar-refractivity contribution in [1.29, 1.82) is 0 Å². The Morgan fingerprint density at radius 3 is 2.90 bits per heavy atom. The van der Waals surface area contributed by atoms with E-state index in [1.807, 2.05) is 17.5 Å². The first-order valence-electron chi connectivity index (χ1n) is 6.51. The molecule has 2 aromatic rings. The van der Waals surface area contributed by atoms with Gasteiger partial charge in [0.1, 0.15) is 11.6 Å². The summed E-state index contributed by atoms with van der Waals surface area (Å²) in [5, 5.41) is 6.05. The lowest BCUT2D eigenvalue weighted by atomic mass is 9.93. The molecule has 0 spiro atoms. The van der Waals surface area contributed by atoms with E-state index in [-0.39, 0.29) is 6.04 Å². The monoisotopic (exact) mass is 295 g/mol. The van der Waals surface area contributed by atoms with Crippen molar-refractivity contribution in [1.82, 2.24) is 10.1 Å². The first kappa shape index (κ1) is 13.7. The van der Waals surface area contributed by atoms with E-state index >= 15 is 0 Å². The van der Waals surface area contributed by atoms with Crippen molar-refractivity contribution in [2.75, 3.05) is 20.3 Å². The number of hydrogen-bond acceptors (Lipinski definition) is 7. The van der Waals surface area contributed by atoms with Crippen molar-refractivity contribution < 1.29 is 14.0 Å². The molecule has 2 aromatic heterocycles. The van der Waals surface area contributed by atoms with Crippen molar-refractivity contribution in [3.05, 3.63) is 34.1 Å². The zero-order valence-corrected chi connectivity index (χ0v) is 12.1. The minimum Gasteiger partial charge on any atom is -0.381 e. The van der Waals surface area contributed by atoms with Gasteiger partial charge < -0.3 is 19.7 Å². The molecule has 108 valence electrons. The maximum Gasteiger partial charge on any atom is 0.249 e. The SMILES string of the molecule is COC1(c2noc(C(N)c3cccs3)n2)CCOCC1. The third-order valence-corrected chi connectivity index (χ3v) is 4.61. The third-order valence-electron chi connectivity index (χ3n) is 3.66. The van der Waals surface area contributed by atoms with Gasteiger partial charge in [0.15, 0.2) is 0 Å². The van der Waals surface area contributed by atoms with Crippen LogP contribution in [0.15, 0.2) is 22.0 Å². The normalized spacial score (nSPS) is 19.9. The van der Waals surface area contributed by atoms with Crippen LogP contribution in [0.3, 0.4) is 0 Å². The molecule has 6 nitrogen and oxygen atoms in total. The summed E-state index contributed by atoms with van der Waals surface area (Å²) >= 11 is 1.57. The molecular weight excluding hydrogens is 278 g/mol. The molecule has 0 saturated carbocycles. The second-order valence-electron chi connectivity index (χ2n) is 4.76. The Labute approximate surface area is 120 Å². The number of rotatable bonds is 4. The molecule has 1 saturated heterocycles. The molecule has 3 rings (SSSR count). The third kappa shape index (κ3) is 2.37. The Morgan fingerprint density at radius 2 is 2.25 bits per heavy atom. The Hall–Kier alpha value is -1.28. The fourth-order valence-electron chi connectivity index (χ4n) is 2.36. The summed E-state index contributed by atoms with van der Waals surface area (Å²) in [7, 11) is 1.67. The summed E-state index contributed by atoms with van der Waals surface area (Å²) in [5.41, 5.74) is 5.62. The zero-order valence-electron chi connectivity index (χ0n) is 11.2. The summed E-state index contributed by atoms with van der Waals surface area (Å²) < 4.78 is 16.3. The van der Waals surface area contributed by atoms with Crippen LogP contribution < -0.4 is 5.73 Å². The molecule has 1 aliphatic heterocycles. The number of methoxy groups -OCH3 is 1. The van der Waals surface area contributed by atoms with Gasteiger partial charge in [0, 0.05) is 38.0 Å². The molecule has 1 aliphatic rings. The van der Waals surface area contributed by atoms with Gasteiger partial charge in [0.2, 0.25) is 11.7 Å². The van der Waals surface area contributed by atoms with Gasteiger partial charge in [-0.25, -0.2) is 0 Å². The zero-order chi connectivity index (χ0) is 14.0. The second kappa shape index (κ2) is 5.61. The lowest BCUT2D eigenvalue weighted by Crippen LogP contribution is -2.36. The second-order valence-corrected chi connectivity index (χ2v) is 5.74. The molecule has 0 aliphatic carbocycles. The van der Waals surface area contributed by atoms with Crippen molar-refractivity contribution in [3.63, 3.8) is 0 Å². The number of aromatic nitrogens is 2. The van der Waals surface area contributed by atoms with E-state index in [2.05, 4.69) is 10.1 Å². The number of nitrogens with zero attached hydrogens (tertiary/aromatic N) is 2. The minimum absolute atomic E-state index is 0.384. The van der Waals surface area contributed by atoms with Crippen LogP contribution in [-0.2, 0) is 15.1 Å². The van der Waals surface area contributed by atoms with Gasteiger partial charge >= 0.3 is 0 Å². The first-order chi connectivity index (χ1) is 9.75. The lowest BCUT2D eigenvalue weighted by molar-refractivity contribution is -0.101. The molecular formula is C13H17N3O3S. The van der Waals surface area contributed by atoms with Crippen LogP contribution in [0.2, 0.25) is 0 Å². The quantitative estimate of drug-likeness (QED) is 0.926. The van der Waals surface area contributed by atoms with E-state index in [0.29, 0.717) is 24.9 Å². The van der Waals surface area contributed by atoms with Crippen LogP contribution in [0.25, 0.3) is 0 Å². The Morgan fingerprint density at radius 1 is 1.45 bits per heavy atom. The molecule has 3 heterocycles. The maximum absolute atomic E-state index is 6.14. The van der Waals surface area contributed by atoms with Gasteiger partial charge in [-0.1, -0.05) is 11.2 Å². The molecule has 0 aromatic carbocycles. The van der Waals surface area contributed by atoms with Crippen LogP contribution in [0.4, 0.5) is 0 Å². The highest BCUT2D eigenvalue weighted by molar-refractivity contribution is 7.10. The largest absolute Gasteiger partial charge is 0.381 e. The smallest absolute Gasteiger partial charge is 0.249 e. The number of ether oxygens (including phenoxy) is 2. The predicted molar refractivity (Wildman–Crippen MR) is 73.4 cm³/mol. The lowest BCUT2D eigenvalue weighted by Gasteiger charge is -2.32. The summed E-state index contributed by atoms with van der Waals surface area (Å²) in [6.45, 7) is 1.27. The Balaban J connectivity index is 1.85. The van der Waals surface area contributed by atoms with Gasteiger partial charge in [-0.15, -0.1) is 11.3 Å². The molecule has 20 heavy (non-hydrogen) atoms. The maximum atomic E-state index is 6.14. The van der Waals surface area contributed by atoms with Gasteiger partial charge in [-0.2, -0.15) is 4.98 Å². The Bertz CT molecular complexity index is 549. The van der Waals surface area contributed by atoms with E-state index in [1.165, 1.54) is 0 Å². The average Bonchev–Trinajstić information content (AvgIpc) is 3.19. The van der Waals surface area contributed by atoms with Gasteiger partial charge in [-0.05, 0) is 11.4 Å². The number of hydrogen-bond donors (Lipinski definition) is 1. The molecule has 1 atom stereocenters. The molecule has 2 N–H and O–H groups in total. The van der Waals surface area contributed by atoms with E-state index < -0.39 is 5.60 Å². The van der Waals surface area contributed by atoms with Crippen LogP contribution in [-0.4, -0.2) is 30.5 Å². The van der Waals surface area contributed by atoms with E-state index in [9.17, 15) is 0 Å². The van der Waals surface area contributed by atoms with Gasteiger partial charge in [0.05, 0.1) is 0 Å². The molecule has 1 fully saturated rings. The van der Waals surface area contributed by atoms with E-state index in [1.54, 1.807) is 18.4 Å². The Kier molecular flexibility index (Phi) is 3.84. The first-order valence-corrected chi connectivity index (χ1v) is 7.39. The predicted octanol–water partition coefficient (Wildman–Crippen LogP) is 1.83. The highest BCUT2D eigenvalue weighted by Gasteiger charge is 2.39. The summed E-state index contributed by atoms with van der Waals surface area (Å²) in [5.74, 6) is 0.982. The molecule has 0 radical (unpaired) electrons. The van der Waals surface area contributed by atoms with Crippen molar-refractivity contribution in [2.24, 2.45) is 5.73 Å². The topological polar surface area (TPSA) is 83.4 Å². The summed E-state index contributed by atoms with van der Waals surface area (Å²) in [4.78, 5) is 5.45. The highest BCUT2D eigenvalue weighted by Crippen LogP contribution is 2.34. The van der Waals surface area contributed by atoms with Crippen molar-refractivity contribution in [2.45, 2.75) is 24.5 Å². The van der Waals surface area contributed by atoms with Crippen molar-refractivity contribution in [3.8, 4) is 0 Å². The van der Waals surface area contributed by atoms with Gasteiger partial charge in [0.25, 0.3) is 0 Å². The average molecular weight is 295 g/mol. The standard InChI is InChI=1S/C13H17N3O3S/c1-17-13(4-6-18-7-5-13)12-15-11(19-16-12)10(14)9-3-2-8-20-9/h2-3,8,10H,4-7,14H2,1H3. The minimum atomic E-state index is -0.519. The summed E-state index contributed by atoms with van der Waals surface area (Å²) in [6, 6.07) is 3.52. The highest BCUT2D eigenvalue weighted by atomic mass is 32.1. The van der Waals surface area contributed by atoms with Crippen LogP contribution in [0.1, 0.15) is 35.5 Å². The molecule has 0 amide bonds. The van der Waals surface area contributed by atoms with Crippen LogP contribution in [0, 0.1) is 0 Å². The number of thiophene rings is 1. The molecule has 0 bridgehead atoms.